The third-order valence-corrected chi connectivity index (χ3v) is 8.76. The molecule has 7 nitrogen and oxygen atoms in total. The SMILES string of the molecule is O=C(NCC1CCCCC1)c1ccc(N2CCN(CC(=O)N3CCN(C4CCC4)CC3)CC2)cc1. The average molecular weight is 482 g/mol. The van der Waals surface area contributed by atoms with E-state index in [-0.39, 0.29) is 11.8 Å². The van der Waals surface area contributed by atoms with Gasteiger partial charge in [0.25, 0.3) is 5.91 Å². The Hall–Kier alpha value is -2.12. The number of benzene rings is 1. The van der Waals surface area contributed by atoms with Gasteiger partial charge in [-0.1, -0.05) is 25.7 Å². The summed E-state index contributed by atoms with van der Waals surface area (Å²) in [7, 11) is 0. The van der Waals surface area contributed by atoms with Gasteiger partial charge in [-0.05, 0) is 55.9 Å². The van der Waals surface area contributed by atoms with Crippen molar-refractivity contribution in [3.05, 3.63) is 29.8 Å². The van der Waals surface area contributed by atoms with Crippen LogP contribution in [0, 0.1) is 5.92 Å². The molecule has 0 atom stereocenters. The molecule has 0 spiro atoms. The molecule has 4 fully saturated rings. The first-order valence-corrected chi connectivity index (χ1v) is 14.0. The predicted octanol–water partition coefficient (Wildman–Crippen LogP) is 2.82. The van der Waals surface area contributed by atoms with E-state index in [0.717, 1.165) is 76.2 Å². The normalized spacial score (nSPS) is 23.2. The minimum Gasteiger partial charge on any atom is -0.369 e. The molecule has 1 aromatic rings. The van der Waals surface area contributed by atoms with E-state index in [1.54, 1.807) is 0 Å². The first-order chi connectivity index (χ1) is 17.2. The number of piperazine rings is 2. The smallest absolute Gasteiger partial charge is 0.251 e. The van der Waals surface area contributed by atoms with Crippen LogP contribution >= 0.6 is 0 Å². The number of nitrogens with one attached hydrogen (secondary N) is 1. The van der Waals surface area contributed by atoms with E-state index in [9.17, 15) is 9.59 Å². The van der Waals surface area contributed by atoms with Crippen LogP contribution in [0.1, 0.15) is 61.7 Å². The van der Waals surface area contributed by atoms with Gasteiger partial charge in [-0.3, -0.25) is 19.4 Å². The average Bonchev–Trinajstić information content (AvgIpc) is 2.88. The summed E-state index contributed by atoms with van der Waals surface area (Å²) in [6.45, 7) is 8.82. The lowest BCUT2D eigenvalue weighted by Crippen LogP contribution is -2.56. The van der Waals surface area contributed by atoms with Gasteiger partial charge in [0.05, 0.1) is 6.54 Å². The fourth-order valence-electron chi connectivity index (χ4n) is 6.10. The minimum atomic E-state index is 0.0407. The van der Waals surface area contributed by atoms with Crippen molar-refractivity contribution in [1.29, 1.82) is 0 Å². The summed E-state index contributed by atoms with van der Waals surface area (Å²) in [5, 5.41) is 3.13. The van der Waals surface area contributed by atoms with Crippen LogP contribution in [0.25, 0.3) is 0 Å². The highest BCUT2D eigenvalue weighted by molar-refractivity contribution is 5.94. The number of carbonyl (C=O) groups is 2. The summed E-state index contributed by atoms with van der Waals surface area (Å²) >= 11 is 0. The molecule has 2 saturated carbocycles. The maximum absolute atomic E-state index is 12.8. The quantitative estimate of drug-likeness (QED) is 0.649. The van der Waals surface area contributed by atoms with Crippen molar-refractivity contribution < 1.29 is 9.59 Å². The second-order valence-electron chi connectivity index (χ2n) is 11.0. The van der Waals surface area contributed by atoms with Gasteiger partial charge >= 0.3 is 0 Å². The summed E-state index contributed by atoms with van der Waals surface area (Å²) in [4.78, 5) is 34.7. The van der Waals surface area contributed by atoms with Gasteiger partial charge in [0.2, 0.25) is 5.91 Å². The predicted molar refractivity (Wildman–Crippen MR) is 140 cm³/mol. The van der Waals surface area contributed by atoms with Gasteiger partial charge in [-0.15, -0.1) is 0 Å². The number of nitrogens with zero attached hydrogens (tertiary/aromatic N) is 4. The molecule has 7 heteroatoms. The number of amides is 2. The van der Waals surface area contributed by atoms with Gasteiger partial charge in [0, 0.05) is 76.2 Å². The minimum absolute atomic E-state index is 0.0407. The molecule has 0 radical (unpaired) electrons. The Bertz CT molecular complexity index is 833. The van der Waals surface area contributed by atoms with Crippen LogP contribution in [0.4, 0.5) is 5.69 Å². The largest absolute Gasteiger partial charge is 0.369 e. The summed E-state index contributed by atoms with van der Waals surface area (Å²) < 4.78 is 0. The molecule has 0 bridgehead atoms. The van der Waals surface area contributed by atoms with E-state index in [2.05, 4.69) is 37.0 Å². The van der Waals surface area contributed by atoms with Crippen molar-refractivity contribution in [2.45, 2.75) is 57.4 Å². The van der Waals surface area contributed by atoms with Crippen molar-refractivity contribution in [3.63, 3.8) is 0 Å². The van der Waals surface area contributed by atoms with Gasteiger partial charge in [0.1, 0.15) is 0 Å². The number of hydrogen-bond acceptors (Lipinski definition) is 5. The van der Waals surface area contributed by atoms with Crippen molar-refractivity contribution in [1.82, 2.24) is 20.0 Å². The van der Waals surface area contributed by atoms with E-state index in [0.29, 0.717) is 12.5 Å². The van der Waals surface area contributed by atoms with Crippen LogP contribution in [0.3, 0.4) is 0 Å². The van der Waals surface area contributed by atoms with Gasteiger partial charge in [0.15, 0.2) is 0 Å². The lowest BCUT2D eigenvalue weighted by Gasteiger charge is -2.43. The highest BCUT2D eigenvalue weighted by atomic mass is 16.2. The molecular formula is C28H43N5O2. The van der Waals surface area contributed by atoms with Crippen LogP contribution in [0.15, 0.2) is 24.3 Å². The Labute approximate surface area is 210 Å². The molecule has 35 heavy (non-hydrogen) atoms. The lowest BCUT2D eigenvalue weighted by molar-refractivity contribution is -0.134. The topological polar surface area (TPSA) is 59.1 Å². The fraction of sp³-hybridized carbons (Fsp3) is 0.714. The number of rotatable bonds is 7. The Morgan fingerprint density at radius 2 is 1.46 bits per heavy atom. The summed E-state index contributed by atoms with van der Waals surface area (Å²) in [6, 6.07) is 8.82. The van der Waals surface area contributed by atoms with E-state index >= 15 is 0 Å². The molecule has 2 saturated heterocycles. The highest BCUT2D eigenvalue weighted by Crippen LogP contribution is 2.26. The van der Waals surface area contributed by atoms with Crippen LogP contribution in [-0.4, -0.2) is 98.0 Å². The second kappa shape index (κ2) is 11.7. The van der Waals surface area contributed by atoms with Gasteiger partial charge in [-0.25, -0.2) is 0 Å². The zero-order valence-electron chi connectivity index (χ0n) is 21.3. The summed E-state index contributed by atoms with van der Waals surface area (Å²) in [5.41, 5.74) is 1.90. The monoisotopic (exact) mass is 481 g/mol. The van der Waals surface area contributed by atoms with E-state index in [4.69, 9.17) is 0 Å². The molecule has 0 unspecified atom stereocenters. The van der Waals surface area contributed by atoms with Crippen LogP contribution in [0.5, 0.6) is 0 Å². The molecule has 5 rings (SSSR count). The third kappa shape index (κ3) is 6.36. The van der Waals surface area contributed by atoms with Crippen LogP contribution in [-0.2, 0) is 4.79 Å². The molecule has 2 heterocycles. The zero-order chi connectivity index (χ0) is 24.0. The molecule has 1 N–H and O–H groups in total. The number of carbonyl (C=O) groups excluding carboxylic acids is 2. The van der Waals surface area contributed by atoms with Crippen molar-refractivity contribution >= 4 is 17.5 Å². The van der Waals surface area contributed by atoms with E-state index in [1.807, 2.05) is 12.1 Å². The number of anilines is 1. The second-order valence-corrected chi connectivity index (χ2v) is 11.0. The number of hydrogen-bond donors (Lipinski definition) is 1. The van der Waals surface area contributed by atoms with E-state index < -0.39 is 0 Å². The van der Waals surface area contributed by atoms with Crippen LogP contribution < -0.4 is 10.2 Å². The van der Waals surface area contributed by atoms with Gasteiger partial charge < -0.3 is 15.1 Å². The van der Waals surface area contributed by atoms with Crippen molar-refractivity contribution in [2.24, 2.45) is 5.92 Å². The van der Waals surface area contributed by atoms with Crippen LogP contribution in [0.2, 0.25) is 0 Å². The molecule has 2 amide bonds. The van der Waals surface area contributed by atoms with Crippen molar-refractivity contribution in [3.8, 4) is 0 Å². The Morgan fingerprint density at radius 3 is 2.09 bits per heavy atom. The molecule has 192 valence electrons. The third-order valence-electron chi connectivity index (χ3n) is 8.76. The molecule has 2 aliphatic carbocycles. The van der Waals surface area contributed by atoms with E-state index in [1.165, 1.54) is 51.4 Å². The molecule has 0 aromatic heterocycles. The Kier molecular flexibility index (Phi) is 8.24. The Morgan fingerprint density at radius 1 is 0.771 bits per heavy atom. The fourth-order valence-corrected chi connectivity index (χ4v) is 6.10. The maximum atomic E-state index is 12.8. The lowest BCUT2D eigenvalue weighted by atomic mass is 9.89. The highest BCUT2D eigenvalue weighted by Gasteiger charge is 2.30. The maximum Gasteiger partial charge on any atom is 0.251 e. The summed E-state index contributed by atoms with van der Waals surface area (Å²) in [6.07, 6.45) is 10.5. The molecule has 2 aliphatic heterocycles. The van der Waals surface area contributed by atoms with Gasteiger partial charge in [-0.2, -0.15) is 0 Å². The first-order valence-electron chi connectivity index (χ1n) is 14.0. The first kappa shape index (κ1) is 24.6. The zero-order valence-corrected chi connectivity index (χ0v) is 21.3. The van der Waals surface area contributed by atoms with Crippen molar-refractivity contribution in [2.75, 3.05) is 70.3 Å². The Balaban J connectivity index is 1.02. The molecular weight excluding hydrogens is 438 g/mol. The summed E-state index contributed by atoms with van der Waals surface area (Å²) in [5.74, 6) is 0.973. The molecule has 1 aromatic carbocycles. The standard InChI is InChI=1S/C28H43N5O2/c34-27(33-19-17-32(18-20-33)25-7-4-8-25)22-30-13-15-31(16-14-30)26-11-9-24(10-12-26)28(35)29-21-23-5-2-1-3-6-23/h9-12,23,25H,1-8,13-22H2,(H,29,35). The molecule has 4 aliphatic rings.